The molecule has 4 heteroatoms. The van der Waals surface area contributed by atoms with Crippen molar-refractivity contribution in [3.05, 3.63) is 0 Å². The summed E-state index contributed by atoms with van der Waals surface area (Å²) in [5.41, 5.74) is 0. The fourth-order valence-corrected chi connectivity index (χ4v) is 3.03. The zero-order chi connectivity index (χ0) is 16.5. The molecule has 132 valence electrons. The second-order valence-electron chi connectivity index (χ2n) is 6.85. The molecule has 0 radical (unpaired) electrons. The van der Waals surface area contributed by atoms with Crippen LogP contribution in [0.2, 0.25) is 0 Å². The molecule has 0 aliphatic rings. The lowest BCUT2D eigenvalue weighted by Gasteiger charge is -2.04. The predicted octanol–water partition coefficient (Wildman–Crippen LogP) is 6.77. The summed E-state index contributed by atoms with van der Waals surface area (Å²) in [6.07, 6.45) is 18.5. The van der Waals surface area contributed by atoms with E-state index in [9.17, 15) is 4.57 Å². The summed E-state index contributed by atoms with van der Waals surface area (Å²) < 4.78 is 14.9. The van der Waals surface area contributed by atoms with E-state index < -0.39 is 8.25 Å². The molecule has 0 saturated carbocycles. The average Bonchev–Trinajstić information content (AvgIpc) is 2.46. The van der Waals surface area contributed by atoms with Crippen LogP contribution < -0.4 is 0 Å². The Morgan fingerprint density at radius 2 is 1.09 bits per heavy atom. The third-order valence-corrected chi connectivity index (χ3v) is 4.53. The monoisotopic (exact) mass is 333 g/mol. The van der Waals surface area contributed by atoms with Crippen molar-refractivity contribution in [1.29, 1.82) is 0 Å². The Labute approximate surface area is 139 Å². The standard InChI is InChI=1S/C18H37O3P/c1-18(2)16-14-12-10-8-6-4-3-5-7-9-11-13-15-17-21-22(19)20/h18H,3-17H2,1-2H3/p+1. The van der Waals surface area contributed by atoms with Crippen molar-refractivity contribution >= 4 is 8.25 Å². The predicted molar refractivity (Wildman–Crippen MR) is 95.3 cm³/mol. The first-order valence-electron chi connectivity index (χ1n) is 9.42. The van der Waals surface area contributed by atoms with Gasteiger partial charge < -0.3 is 0 Å². The third-order valence-electron chi connectivity index (χ3n) is 4.13. The summed E-state index contributed by atoms with van der Waals surface area (Å²) >= 11 is 0. The maximum atomic E-state index is 10.3. The number of unbranched alkanes of at least 4 members (excludes halogenated alkanes) is 12. The second-order valence-corrected chi connectivity index (χ2v) is 7.58. The summed E-state index contributed by atoms with van der Waals surface area (Å²) in [7, 11) is -2.40. The smallest absolute Gasteiger partial charge is 0.133 e. The van der Waals surface area contributed by atoms with Gasteiger partial charge in [0.2, 0.25) is 0 Å². The van der Waals surface area contributed by atoms with E-state index in [0.717, 1.165) is 18.8 Å². The minimum absolute atomic E-state index is 0.420. The Morgan fingerprint density at radius 3 is 1.45 bits per heavy atom. The molecule has 0 saturated heterocycles. The van der Waals surface area contributed by atoms with E-state index in [0.29, 0.717) is 6.61 Å². The van der Waals surface area contributed by atoms with E-state index in [4.69, 9.17) is 4.89 Å². The fourth-order valence-electron chi connectivity index (χ4n) is 2.74. The molecule has 1 unspecified atom stereocenters. The Hall–Kier alpha value is 0.0200. The summed E-state index contributed by atoms with van der Waals surface area (Å²) in [5, 5.41) is 0. The summed E-state index contributed by atoms with van der Waals surface area (Å²) in [4.78, 5) is 8.47. The Bertz CT molecular complexity index is 244. The first kappa shape index (κ1) is 22.0. The van der Waals surface area contributed by atoms with Crippen LogP contribution in [0.15, 0.2) is 0 Å². The van der Waals surface area contributed by atoms with Gasteiger partial charge in [-0.2, -0.15) is 0 Å². The van der Waals surface area contributed by atoms with Gasteiger partial charge in [-0.05, 0) is 12.3 Å². The third kappa shape index (κ3) is 20.0. The quantitative estimate of drug-likeness (QED) is 0.236. The average molecular weight is 333 g/mol. The van der Waals surface area contributed by atoms with Gasteiger partial charge in [0.05, 0.1) is 0 Å². The van der Waals surface area contributed by atoms with Crippen molar-refractivity contribution in [3.63, 3.8) is 0 Å². The van der Waals surface area contributed by atoms with Crippen molar-refractivity contribution in [2.75, 3.05) is 6.61 Å². The van der Waals surface area contributed by atoms with E-state index in [1.807, 2.05) is 0 Å². The van der Waals surface area contributed by atoms with Gasteiger partial charge in [-0.15, -0.1) is 9.42 Å². The van der Waals surface area contributed by atoms with Crippen LogP contribution in [0.4, 0.5) is 0 Å². The minimum Gasteiger partial charge on any atom is -0.133 e. The number of hydrogen-bond acceptors (Lipinski definition) is 2. The maximum Gasteiger partial charge on any atom is 0.694 e. The van der Waals surface area contributed by atoms with E-state index in [1.165, 1.54) is 77.0 Å². The lowest BCUT2D eigenvalue weighted by Crippen LogP contribution is -1.88. The normalized spacial score (nSPS) is 12.1. The Morgan fingerprint density at radius 1 is 0.727 bits per heavy atom. The molecule has 1 N–H and O–H groups in total. The lowest BCUT2D eigenvalue weighted by molar-refractivity contribution is 0.273. The van der Waals surface area contributed by atoms with Gasteiger partial charge in [0.25, 0.3) is 0 Å². The molecular formula is C18H38O3P+. The molecule has 0 amide bonds. The van der Waals surface area contributed by atoms with Crippen LogP contribution in [0.5, 0.6) is 0 Å². The van der Waals surface area contributed by atoms with Crippen molar-refractivity contribution in [1.82, 2.24) is 0 Å². The van der Waals surface area contributed by atoms with Crippen LogP contribution >= 0.6 is 8.25 Å². The summed E-state index contributed by atoms with van der Waals surface area (Å²) in [6, 6.07) is 0. The highest BCUT2D eigenvalue weighted by Gasteiger charge is 2.09. The van der Waals surface area contributed by atoms with Crippen molar-refractivity contribution in [2.24, 2.45) is 5.92 Å². The van der Waals surface area contributed by atoms with Gasteiger partial charge in [0.1, 0.15) is 6.61 Å². The highest BCUT2D eigenvalue weighted by atomic mass is 31.1. The minimum atomic E-state index is -2.40. The molecule has 0 bridgehead atoms. The topological polar surface area (TPSA) is 46.5 Å². The molecule has 0 aromatic heterocycles. The van der Waals surface area contributed by atoms with Crippen LogP contribution in [-0.2, 0) is 9.09 Å². The molecule has 0 fully saturated rings. The zero-order valence-electron chi connectivity index (χ0n) is 14.9. The largest absolute Gasteiger partial charge is 0.694 e. The fraction of sp³-hybridized carbons (Fsp3) is 1.00. The number of rotatable bonds is 17. The molecule has 0 rings (SSSR count). The van der Waals surface area contributed by atoms with Gasteiger partial charge in [0.15, 0.2) is 0 Å². The Balaban J connectivity index is 2.98. The van der Waals surface area contributed by atoms with Gasteiger partial charge in [-0.3, -0.25) is 0 Å². The van der Waals surface area contributed by atoms with Crippen molar-refractivity contribution < 1.29 is 14.0 Å². The molecule has 0 aliphatic carbocycles. The molecule has 22 heavy (non-hydrogen) atoms. The maximum absolute atomic E-state index is 10.3. The lowest BCUT2D eigenvalue weighted by atomic mass is 10.0. The van der Waals surface area contributed by atoms with Crippen LogP contribution in [0, 0.1) is 5.92 Å². The molecular weight excluding hydrogens is 295 g/mol. The zero-order valence-corrected chi connectivity index (χ0v) is 15.8. The van der Waals surface area contributed by atoms with Gasteiger partial charge in [-0.25, -0.2) is 0 Å². The van der Waals surface area contributed by atoms with E-state index in [1.54, 1.807) is 0 Å². The van der Waals surface area contributed by atoms with Gasteiger partial charge in [0, 0.05) is 4.57 Å². The molecule has 0 spiro atoms. The number of hydrogen-bond donors (Lipinski definition) is 1. The highest BCUT2D eigenvalue weighted by molar-refractivity contribution is 7.32. The Kier molecular flexibility index (Phi) is 17.4. The summed E-state index contributed by atoms with van der Waals surface area (Å²) in [6.45, 7) is 5.04. The molecule has 1 atom stereocenters. The molecule has 0 heterocycles. The van der Waals surface area contributed by atoms with Crippen molar-refractivity contribution in [2.45, 2.75) is 104 Å². The first-order valence-corrected chi connectivity index (χ1v) is 10.5. The molecule has 0 aliphatic heterocycles. The SMILES string of the molecule is CC(C)CCCCCCCCCCCCCCCO[P+](=O)O. The van der Waals surface area contributed by atoms with Crippen molar-refractivity contribution in [3.8, 4) is 0 Å². The van der Waals surface area contributed by atoms with Crippen LogP contribution in [0.25, 0.3) is 0 Å². The highest BCUT2D eigenvalue weighted by Crippen LogP contribution is 2.16. The van der Waals surface area contributed by atoms with E-state index in [2.05, 4.69) is 18.4 Å². The second kappa shape index (κ2) is 17.4. The van der Waals surface area contributed by atoms with Crippen LogP contribution in [0.3, 0.4) is 0 Å². The molecule has 0 aromatic carbocycles. The molecule has 0 aromatic rings. The first-order chi connectivity index (χ1) is 10.6. The summed E-state index contributed by atoms with van der Waals surface area (Å²) in [5.74, 6) is 0.867. The van der Waals surface area contributed by atoms with Gasteiger partial charge in [-0.1, -0.05) is 97.3 Å². The molecule has 3 nitrogen and oxygen atoms in total. The van der Waals surface area contributed by atoms with Crippen LogP contribution in [0.1, 0.15) is 104 Å². The van der Waals surface area contributed by atoms with Crippen LogP contribution in [-0.4, -0.2) is 11.5 Å². The van der Waals surface area contributed by atoms with Gasteiger partial charge >= 0.3 is 8.25 Å². The van der Waals surface area contributed by atoms with E-state index >= 15 is 0 Å². The van der Waals surface area contributed by atoms with E-state index in [-0.39, 0.29) is 0 Å².